The van der Waals surface area contributed by atoms with Crippen LogP contribution in [0.4, 0.5) is 0 Å². The van der Waals surface area contributed by atoms with E-state index < -0.39 is 22.7 Å². The van der Waals surface area contributed by atoms with Gasteiger partial charge in [0.1, 0.15) is 11.3 Å². The highest BCUT2D eigenvalue weighted by atomic mass is 16.2. The third-order valence-electron chi connectivity index (χ3n) is 3.10. The van der Waals surface area contributed by atoms with Gasteiger partial charge in [-0.1, -0.05) is 0 Å². The van der Waals surface area contributed by atoms with Gasteiger partial charge in [-0.3, -0.25) is 19.6 Å². The van der Waals surface area contributed by atoms with Crippen LogP contribution >= 0.6 is 0 Å². The summed E-state index contributed by atoms with van der Waals surface area (Å²) in [7, 11) is 0. The quantitative estimate of drug-likeness (QED) is 0.598. The van der Waals surface area contributed by atoms with Crippen molar-refractivity contribution in [2.45, 2.75) is 26.3 Å². The maximum absolute atomic E-state index is 12.2. The number of H-pyrrole nitrogens is 2. The van der Waals surface area contributed by atoms with E-state index in [-0.39, 0.29) is 23.3 Å². The average Bonchev–Trinajstić information content (AvgIpc) is 2.36. The maximum Gasteiger partial charge on any atom is 0.327 e. The molecule has 0 unspecified atom stereocenters. The lowest BCUT2D eigenvalue weighted by Crippen LogP contribution is -2.49. The summed E-state index contributed by atoms with van der Waals surface area (Å²) in [4.78, 5) is 43.8. The van der Waals surface area contributed by atoms with E-state index in [1.54, 1.807) is 20.8 Å². The molecule has 1 amide bonds. The highest BCUT2D eigenvalue weighted by molar-refractivity contribution is 5.95. The number of carbonyl (C=O) groups excluding carboxylic acids is 1. The lowest BCUT2D eigenvalue weighted by atomic mass is 10.1. The van der Waals surface area contributed by atoms with E-state index in [4.69, 9.17) is 5.73 Å². The number of fused-ring (bicyclic) bond motifs is 1. The largest absolute Gasteiger partial charge is 0.345 e. The van der Waals surface area contributed by atoms with Crippen molar-refractivity contribution in [3.8, 4) is 0 Å². The molecule has 0 aliphatic heterocycles. The van der Waals surface area contributed by atoms with Gasteiger partial charge in [-0.05, 0) is 32.4 Å². The standard InChI is InChI=1S/C13H17N5O3/c1-6-4-7(10(19)18-13(2,3)5-14)15-9-8(6)11(20)17-12(21)16-9/h4H,5,14H2,1-3H3,(H,18,19)(H2,15,16,17,20,21). The molecule has 0 fully saturated rings. The van der Waals surface area contributed by atoms with Gasteiger partial charge in [-0.2, -0.15) is 0 Å². The molecule has 0 saturated carbocycles. The molecule has 0 radical (unpaired) electrons. The summed E-state index contributed by atoms with van der Waals surface area (Å²) in [6.45, 7) is 5.50. The summed E-state index contributed by atoms with van der Waals surface area (Å²) in [6, 6.07) is 1.50. The van der Waals surface area contributed by atoms with Crippen LogP contribution < -0.4 is 22.3 Å². The van der Waals surface area contributed by atoms with Crippen LogP contribution in [0, 0.1) is 6.92 Å². The predicted octanol–water partition coefficient (Wildman–Crippen LogP) is -0.613. The second-order valence-electron chi connectivity index (χ2n) is 5.50. The lowest BCUT2D eigenvalue weighted by molar-refractivity contribution is 0.0911. The highest BCUT2D eigenvalue weighted by Gasteiger charge is 2.21. The monoisotopic (exact) mass is 291 g/mol. The molecule has 0 bridgehead atoms. The molecule has 8 nitrogen and oxygen atoms in total. The molecule has 2 heterocycles. The lowest BCUT2D eigenvalue weighted by Gasteiger charge is -2.24. The van der Waals surface area contributed by atoms with Crippen molar-refractivity contribution >= 4 is 16.9 Å². The van der Waals surface area contributed by atoms with Crippen molar-refractivity contribution < 1.29 is 4.79 Å². The van der Waals surface area contributed by atoms with Crippen molar-refractivity contribution in [1.29, 1.82) is 0 Å². The van der Waals surface area contributed by atoms with Crippen LogP contribution in [0.25, 0.3) is 11.0 Å². The summed E-state index contributed by atoms with van der Waals surface area (Å²) in [5, 5.41) is 2.99. The zero-order valence-electron chi connectivity index (χ0n) is 12.0. The van der Waals surface area contributed by atoms with Gasteiger partial charge in [0.15, 0.2) is 0 Å². The second kappa shape index (κ2) is 5.13. The number of nitrogens with one attached hydrogen (secondary N) is 3. The number of hydrogen-bond acceptors (Lipinski definition) is 5. The molecular weight excluding hydrogens is 274 g/mol. The molecule has 0 aromatic carbocycles. The van der Waals surface area contributed by atoms with Crippen LogP contribution in [-0.2, 0) is 0 Å². The third-order valence-corrected chi connectivity index (χ3v) is 3.10. The van der Waals surface area contributed by atoms with Crippen LogP contribution in [0.1, 0.15) is 29.9 Å². The number of nitrogens with two attached hydrogens (primary N) is 1. The number of hydrogen-bond donors (Lipinski definition) is 4. The van der Waals surface area contributed by atoms with E-state index in [2.05, 4.69) is 20.3 Å². The summed E-state index contributed by atoms with van der Waals surface area (Å²) in [5.74, 6) is -0.420. The first-order valence-electron chi connectivity index (χ1n) is 6.40. The van der Waals surface area contributed by atoms with E-state index in [1.807, 2.05) is 0 Å². The van der Waals surface area contributed by atoms with Crippen molar-refractivity contribution in [2.75, 3.05) is 6.54 Å². The van der Waals surface area contributed by atoms with E-state index >= 15 is 0 Å². The Bertz CT molecular complexity index is 819. The van der Waals surface area contributed by atoms with Gasteiger partial charge in [0.25, 0.3) is 11.5 Å². The van der Waals surface area contributed by atoms with Gasteiger partial charge < -0.3 is 11.1 Å². The first kappa shape index (κ1) is 14.9. The van der Waals surface area contributed by atoms with Crippen LogP contribution in [0.2, 0.25) is 0 Å². The highest BCUT2D eigenvalue weighted by Crippen LogP contribution is 2.11. The van der Waals surface area contributed by atoms with Crippen molar-refractivity contribution in [2.24, 2.45) is 5.73 Å². The van der Waals surface area contributed by atoms with Crippen LogP contribution in [0.5, 0.6) is 0 Å². The maximum atomic E-state index is 12.2. The van der Waals surface area contributed by atoms with Crippen molar-refractivity contribution in [1.82, 2.24) is 20.3 Å². The summed E-state index contributed by atoms with van der Waals surface area (Å²) < 4.78 is 0. The average molecular weight is 291 g/mol. The Hall–Kier alpha value is -2.48. The second-order valence-corrected chi connectivity index (χ2v) is 5.50. The Labute approximate surface area is 119 Å². The van der Waals surface area contributed by atoms with Crippen molar-refractivity contribution in [3.05, 3.63) is 38.2 Å². The Balaban J connectivity index is 2.55. The molecule has 2 rings (SSSR count). The minimum absolute atomic E-state index is 0.0828. The molecule has 0 atom stereocenters. The molecular formula is C13H17N5O3. The minimum atomic E-state index is -0.667. The fraction of sp³-hybridized carbons (Fsp3) is 0.385. The molecule has 0 aliphatic rings. The number of rotatable bonds is 3. The number of pyridine rings is 1. The minimum Gasteiger partial charge on any atom is -0.345 e. The van der Waals surface area contributed by atoms with Gasteiger partial charge in [0.2, 0.25) is 0 Å². The smallest absolute Gasteiger partial charge is 0.327 e. The number of nitrogens with zero attached hydrogens (tertiary/aromatic N) is 1. The zero-order valence-corrected chi connectivity index (χ0v) is 12.0. The first-order valence-corrected chi connectivity index (χ1v) is 6.40. The number of amides is 1. The Kier molecular flexibility index (Phi) is 3.65. The Morgan fingerprint density at radius 3 is 2.67 bits per heavy atom. The van der Waals surface area contributed by atoms with E-state index in [9.17, 15) is 14.4 Å². The normalized spacial score (nSPS) is 11.6. The molecule has 0 saturated heterocycles. The van der Waals surface area contributed by atoms with Gasteiger partial charge in [0, 0.05) is 12.1 Å². The number of aromatic amines is 2. The SMILES string of the molecule is Cc1cc(C(=O)NC(C)(C)CN)nc2[nH]c(=O)[nH]c(=O)c12. The fourth-order valence-electron chi connectivity index (χ4n) is 1.89. The fourth-order valence-corrected chi connectivity index (χ4v) is 1.89. The molecule has 0 spiro atoms. The van der Waals surface area contributed by atoms with Gasteiger partial charge in [-0.15, -0.1) is 0 Å². The Morgan fingerprint density at radius 1 is 1.38 bits per heavy atom. The zero-order chi connectivity index (χ0) is 15.8. The summed E-state index contributed by atoms with van der Waals surface area (Å²) in [5.41, 5.74) is 4.53. The molecule has 21 heavy (non-hydrogen) atoms. The third kappa shape index (κ3) is 3.00. The van der Waals surface area contributed by atoms with Gasteiger partial charge >= 0.3 is 5.69 Å². The Morgan fingerprint density at radius 2 is 2.05 bits per heavy atom. The van der Waals surface area contributed by atoms with E-state index in [0.717, 1.165) is 0 Å². The molecule has 5 N–H and O–H groups in total. The van der Waals surface area contributed by atoms with Gasteiger partial charge in [-0.25, -0.2) is 9.78 Å². The molecule has 112 valence electrons. The predicted molar refractivity (Wildman–Crippen MR) is 78.3 cm³/mol. The van der Waals surface area contributed by atoms with E-state index in [1.165, 1.54) is 6.07 Å². The first-order chi connectivity index (χ1) is 9.73. The summed E-state index contributed by atoms with van der Waals surface area (Å²) in [6.07, 6.45) is 0. The van der Waals surface area contributed by atoms with Crippen LogP contribution in [0.3, 0.4) is 0 Å². The molecule has 2 aromatic rings. The topological polar surface area (TPSA) is 134 Å². The van der Waals surface area contributed by atoms with Gasteiger partial charge in [0.05, 0.1) is 5.39 Å². The van der Waals surface area contributed by atoms with Crippen LogP contribution in [0.15, 0.2) is 15.7 Å². The molecule has 0 aliphatic carbocycles. The van der Waals surface area contributed by atoms with E-state index in [0.29, 0.717) is 5.56 Å². The number of aryl methyl sites for hydroxylation is 1. The molecule has 8 heteroatoms. The number of carbonyl (C=O) groups is 1. The van der Waals surface area contributed by atoms with Crippen molar-refractivity contribution in [3.63, 3.8) is 0 Å². The molecule has 2 aromatic heterocycles. The summed E-state index contributed by atoms with van der Waals surface area (Å²) >= 11 is 0. The van der Waals surface area contributed by atoms with Crippen LogP contribution in [-0.4, -0.2) is 32.9 Å². The number of aromatic nitrogens is 3.